The number of aliphatic hydroxyl groups is 2. The molecule has 20 nitrogen and oxygen atoms in total. The van der Waals surface area contributed by atoms with E-state index < -0.39 is 30.1 Å². The maximum atomic E-state index is 12.8. The molecule has 6 N–H and O–H groups in total. The van der Waals surface area contributed by atoms with Gasteiger partial charge in [-0.05, 0) is 92.2 Å². The average molecular weight is 989 g/mol. The zero-order valence-corrected chi connectivity index (χ0v) is 39.1. The van der Waals surface area contributed by atoms with Gasteiger partial charge in [-0.1, -0.05) is 12.1 Å². The normalized spacial score (nSPS) is 11.1. The molecule has 8 rings (SSSR count). The third-order valence-corrected chi connectivity index (χ3v) is 9.00. The van der Waals surface area contributed by atoms with Gasteiger partial charge in [0.2, 0.25) is 0 Å². The molecule has 0 saturated heterocycles. The van der Waals surface area contributed by atoms with Crippen molar-refractivity contribution in [3.8, 4) is 34.1 Å². The van der Waals surface area contributed by atoms with Crippen molar-refractivity contribution in [2.24, 2.45) is 14.1 Å². The van der Waals surface area contributed by atoms with Crippen molar-refractivity contribution in [2.75, 3.05) is 10.6 Å². The SMILES string of the molecule is CC(C)(O)Cn1cc(NC(=O)c2ccc(Br)o2)c(-c2ccccn2)n1.Cn1cc(-c2ccc(C(=O)Nc3cn(CC(C)(C)O)nc3-c3ccccn3)o2)cn1.Cn1cc(B(O)O)cn1.[V]. The topological polar surface area (TPSA) is 262 Å². The van der Waals surface area contributed by atoms with E-state index in [2.05, 4.69) is 56.9 Å². The molecular formula is C42H46BBrN12O8V. The van der Waals surface area contributed by atoms with Gasteiger partial charge in [0.15, 0.2) is 16.2 Å². The third-order valence-electron chi connectivity index (χ3n) is 8.57. The zero-order chi connectivity index (χ0) is 46.2. The first kappa shape index (κ1) is 49.6. The van der Waals surface area contributed by atoms with Gasteiger partial charge in [-0.15, -0.1) is 0 Å². The van der Waals surface area contributed by atoms with Crippen LogP contribution in [0.5, 0.6) is 0 Å². The van der Waals surface area contributed by atoms with Gasteiger partial charge in [-0.3, -0.25) is 38.3 Å². The summed E-state index contributed by atoms with van der Waals surface area (Å²) in [5.41, 5.74) is 2.50. The van der Waals surface area contributed by atoms with E-state index >= 15 is 0 Å². The first-order chi connectivity index (χ1) is 30.3. The van der Waals surface area contributed by atoms with E-state index in [4.69, 9.17) is 18.9 Å². The van der Waals surface area contributed by atoms with E-state index in [1.807, 2.05) is 19.2 Å². The van der Waals surface area contributed by atoms with Gasteiger partial charge in [0, 0.05) is 81.5 Å². The molecule has 0 spiro atoms. The van der Waals surface area contributed by atoms with Crippen LogP contribution in [-0.4, -0.2) is 99.5 Å². The number of carbonyl (C=O) groups is 2. The summed E-state index contributed by atoms with van der Waals surface area (Å²) in [4.78, 5) is 33.8. The number of furan rings is 2. The second-order valence-corrected chi connectivity index (χ2v) is 16.4. The maximum absolute atomic E-state index is 12.8. The van der Waals surface area contributed by atoms with Crippen molar-refractivity contribution >= 4 is 51.7 Å². The number of aryl methyl sites for hydroxylation is 2. The number of halogens is 1. The van der Waals surface area contributed by atoms with Gasteiger partial charge in [0.05, 0.1) is 58.8 Å². The minimum Gasteiger partial charge on any atom is -0.451 e. The van der Waals surface area contributed by atoms with E-state index in [1.165, 1.54) is 10.9 Å². The van der Waals surface area contributed by atoms with Crippen LogP contribution in [0, 0.1) is 0 Å². The van der Waals surface area contributed by atoms with E-state index in [9.17, 15) is 19.8 Å². The summed E-state index contributed by atoms with van der Waals surface area (Å²) in [5, 5.41) is 59.7. The summed E-state index contributed by atoms with van der Waals surface area (Å²) in [5.74, 6) is 0.0805. The molecule has 0 aromatic carbocycles. The third kappa shape index (κ3) is 14.3. The fourth-order valence-corrected chi connectivity index (χ4v) is 6.21. The van der Waals surface area contributed by atoms with E-state index in [-0.39, 0.29) is 43.2 Å². The first-order valence-corrected chi connectivity index (χ1v) is 20.3. The smallest absolute Gasteiger partial charge is 0.451 e. The Morgan fingerprint density at radius 2 is 1.18 bits per heavy atom. The second kappa shape index (κ2) is 21.5. The van der Waals surface area contributed by atoms with Crippen LogP contribution in [0.2, 0.25) is 0 Å². The zero-order valence-electron chi connectivity index (χ0n) is 36.1. The molecule has 0 bridgehead atoms. The van der Waals surface area contributed by atoms with Crippen molar-refractivity contribution in [3.63, 3.8) is 0 Å². The van der Waals surface area contributed by atoms with Crippen LogP contribution in [0.15, 0.2) is 124 Å². The summed E-state index contributed by atoms with van der Waals surface area (Å²) < 4.78 is 17.8. The number of amides is 2. The van der Waals surface area contributed by atoms with E-state index in [1.54, 1.807) is 141 Å². The van der Waals surface area contributed by atoms with Gasteiger partial charge in [-0.2, -0.15) is 20.4 Å². The van der Waals surface area contributed by atoms with Crippen LogP contribution >= 0.6 is 15.9 Å². The molecule has 0 saturated carbocycles. The molecule has 0 fully saturated rings. The van der Waals surface area contributed by atoms with Crippen LogP contribution in [0.4, 0.5) is 11.4 Å². The van der Waals surface area contributed by atoms with Crippen molar-refractivity contribution in [2.45, 2.75) is 52.0 Å². The van der Waals surface area contributed by atoms with Gasteiger partial charge < -0.3 is 39.7 Å². The maximum Gasteiger partial charge on any atom is 0.491 e. The van der Waals surface area contributed by atoms with Crippen molar-refractivity contribution < 1.29 is 57.2 Å². The first-order valence-electron chi connectivity index (χ1n) is 19.5. The number of aromatic nitrogens is 10. The number of rotatable bonds is 12. The van der Waals surface area contributed by atoms with Crippen LogP contribution in [0.3, 0.4) is 0 Å². The Morgan fingerprint density at radius 3 is 1.57 bits per heavy atom. The molecule has 0 aliphatic heterocycles. The largest absolute Gasteiger partial charge is 0.491 e. The van der Waals surface area contributed by atoms with Gasteiger partial charge in [0.25, 0.3) is 11.8 Å². The standard InChI is InChI=1S/C21H22N6O3.C17H17BrN4O3.C4H7BN2O2.V/c1-21(2,29)13-27-12-16(19(25-27)15-6-4-5-9-22-15)24-20(28)18-8-7-17(30-18)14-10-23-26(3)11-14;1-17(2,24)10-22-9-12(15(21-22)11-5-3-4-8-19-11)20-16(23)13-6-7-14(18)25-13;1-7-3-4(2-6-7)5(8)9;/h4-12,29H,13H2,1-3H3,(H,24,28);3-9,24H,10H2,1-2H3,(H,20,23);2-3,8-9H,1H3;. The predicted molar refractivity (Wildman–Crippen MR) is 240 cm³/mol. The number of carbonyl (C=O) groups excluding carboxylic acids is 2. The quantitative estimate of drug-likeness (QED) is 0.0929. The Bertz CT molecular complexity index is 2790. The number of pyridine rings is 2. The van der Waals surface area contributed by atoms with Gasteiger partial charge >= 0.3 is 7.12 Å². The monoisotopic (exact) mass is 987 g/mol. The molecule has 2 amide bonds. The predicted octanol–water partition coefficient (Wildman–Crippen LogP) is 4.38. The Hall–Kier alpha value is -6.39. The average Bonchev–Trinajstić information content (AvgIpc) is 4.10. The number of nitrogens with one attached hydrogen (secondary N) is 2. The molecular weight excluding hydrogens is 942 g/mol. The number of nitrogens with zero attached hydrogens (tertiary/aromatic N) is 10. The minimum atomic E-state index is -1.40. The van der Waals surface area contributed by atoms with E-state index in [0.717, 1.165) is 5.56 Å². The van der Waals surface area contributed by atoms with Crippen molar-refractivity contribution in [3.05, 3.63) is 126 Å². The summed E-state index contributed by atoms with van der Waals surface area (Å²) in [6.07, 6.45) is 13.1. The van der Waals surface area contributed by atoms with Crippen molar-refractivity contribution in [1.29, 1.82) is 0 Å². The Labute approximate surface area is 393 Å². The Kier molecular flexibility index (Phi) is 16.4. The molecule has 0 atom stereocenters. The molecule has 8 heterocycles. The van der Waals surface area contributed by atoms with Gasteiger partial charge in [-0.25, -0.2) is 0 Å². The fraction of sp³-hybridized carbons (Fsp3) is 0.238. The van der Waals surface area contributed by atoms with Crippen LogP contribution in [-0.2, 0) is 45.7 Å². The fourth-order valence-electron chi connectivity index (χ4n) is 5.91. The van der Waals surface area contributed by atoms with Gasteiger partial charge in [0.1, 0.15) is 17.1 Å². The summed E-state index contributed by atoms with van der Waals surface area (Å²) in [6, 6.07) is 17.4. The molecule has 8 aromatic heterocycles. The van der Waals surface area contributed by atoms with E-state index in [0.29, 0.717) is 50.0 Å². The number of hydrogen-bond acceptors (Lipinski definition) is 14. The summed E-state index contributed by atoms with van der Waals surface area (Å²) in [7, 11) is 2.12. The summed E-state index contributed by atoms with van der Waals surface area (Å²) >= 11 is 3.17. The van der Waals surface area contributed by atoms with Crippen molar-refractivity contribution in [1.82, 2.24) is 49.1 Å². The summed E-state index contributed by atoms with van der Waals surface area (Å²) in [6.45, 7) is 7.29. The minimum absolute atomic E-state index is 0. The molecule has 0 unspecified atom stereocenters. The van der Waals surface area contributed by atoms with Crippen LogP contribution in [0.25, 0.3) is 34.1 Å². The Morgan fingerprint density at radius 1 is 0.692 bits per heavy atom. The number of hydrogen-bond donors (Lipinski definition) is 6. The molecule has 0 aliphatic carbocycles. The molecule has 8 aromatic rings. The van der Waals surface area contributed by atoms with Crippen LogP contribution in [0.1, 0.15) is 48.8 Å². The molecule has 1 radical (unpaired) electrons. The Balaban J connectivity index is 0.000000205. The molecule has 337 valence electrons. The number of anilines is 2. The molecule has 23 heteroatoms. The second-order valence-electron chi connectivity index (χ2n) is 15.6. The molecule has 65 heavy (non-hydrogen) atoms. The van der Waals surface area contributed by atoms with Crippen LogP contribution < -0.4 is 16.1 Å². The molecule has 0 aliphatic rings.